The SMILES string of the molecule is NC(=O)[C@H]1[C@@H]2C[C@H](Cl)CC(=O)[C@H]2[C@@H]2c3ccccc3C=CN12. The van der Waals surface area contributed by atoms with Crippen LogP contribution in [0.25, 0.3) is 6.08 Å². The van der Waals surface area contributed by atoms with E-state index < -0.39 is 6.04 Å². The maximum Gasteiger partial charge on any atom is 0.240 e. The number of fused-ring (bicyclic) bond motifs is 5. The zero-order valence-electron chi connectivity index (χ0n) is 12.0. The van der Waals surface area contributed by atoms with Gasteiger partial charge in [-0.25, -0.2) is 0 Å². The van der Waals surface area contributed by atoms with E-state index in [0.717, 1.165) is 11.1 Å². The Morgan fingerprint density at radius 1 is 1.32 bits per heavy atom. The number of amides is 1. The third kappa shape index (κ3) is 1.83. The topological polar surface area (TPSA) is 63.4 Å². The van der Waals surface area contributed by atoms with Crippen LogP contribution in [0.1, 0.15) is 30.0 Å². The third-order valence-electron chi connectivity index (χ3n) is 5.20. The molecule has 0 unspecified atom stereocenters. The van der Waals surface area contributed by atoms with E-state index >= 15 is 0 Å². The van der Waals surface area contributed by atoms with Gasteiger partial charge in [-0.2, -0.15) is 0 Å². The van der Waals surface area contributed by atoms with Crippen LogP contribution in [0.5, 0.6) is 0 Å². The molecule has 5 atom stereocenters. The van der Waals surface area contributed by atoms with Crippen LogP contribution >= 0.6 is 11.6 Å². The Kier molecular flexibility index (Phi) is 3.05. The van der Waals surface area contributed by atoms with Crippen LogP contribution < -0.4 is 5.73 Å². The van der Waals surface area contributed by atoms with Gasteiger partial charge in [0, 0.05) is 29.8 Å². The van der Waals surface area contributed by atoms with Gasteiger partial charge in [0.2, 0.25) is 5.91 Å². The summed E-state index contributed by atoms with van der Waals surface area (Å²) < 4.78 is 0. The number of nitrogens with zero attached hydrogens (tertiary/aromatic N) is 1. The average Bonchev–Trinajstić information content (AvgIpc) is 2.81. The molecule has 4 rings (SSSR count). The van der Waals surface area contributed by atoms with Gasteiger partial charge in [-0.1, -0.05) is 24.3 Å². The smallest absolute Gasteiger partial charge is 0.240 e. The molecule has 4 nitrogen and oxygen atoms in total. The minimum absolute atomic E-state index is 0.0953. The zero-order chi connectivity index (χ0) is 15.4. The minimum atomic E-state index is -0.454. The molecule has 0 bridgehead atoms. The monoisotopic (exact) mass is 316 g/mol. The Morgan fingerprint density at radius 2 is 2.09 bits per heavy atom. The van der Waals surface area contributed by atoms with Gasteiger partial charge in [-0.3, -0.25) is 9.59 Å². The highest BCUT2D eigenvalue weighted by molar-refractivity contribution is 6.22. The van der Waals surface area contributed by atoms with E-state index in [1.807, 2.05) is 41.4 Å². The molecule has 1 aromatic rings. The molecule has 1 amide bonds. The molecule has 1 aromatic carbocycles. The number of nitrogens with two attached hydrogens (primary N) is 1. The molecular weight excluding hydrogens is 300 g/mol. The Morgan fingerprint density at radius 3 is 2.86 bits per heavy atom. The summed E-state index contributed by atoms with van der Waals surface area (Å²) in [5, 5.41) is -0.198. The first-order valence-corrected chi connectivity index (χ1v) is 8.02. The average molecular weight is 317 g/mol. The van der Waals surface area contributed by atoms with E-state index in [-0.39, 0.29) is 34.9 Å². The molecule has 2 aliphatic heterocycles. The molecule has 2 heterocycles. The van der Waals surface area contributed by atoms with E-state index in [1.165, 1.54) is 0 Å². The lowest BCUT2D eigenvalue weighted by atomic mass is 9.73. The van der Waals surface area contributed by atoms with Gasteiger partial charge < -0.3 is 10.6 Å². The molecule has 0 spiro atoms. The lowest BCUT2D eigenvalue weighted by Crippen LogP contribution is -2.44. The number of benzene rings is 1. The summed E-state index contributed by atoms with van der Waals surface area (Å²) in [6, 6.07) is 7.48. The predicted molar refractivity (Wildman–Crippen MR) is 83.9 cm³/mol. The predicted octanol–water partition coefficient (Wildman–Crippen LogP) is 2.08. The fourth-order valence-electron chi connectivity index (χ4n) is 4.43. The molecule has 0 aromatic heterocycles. The van der Waals surface area contributed by atoms with Crippen LogP contribution in [0.3, 0.4) is 0 Å². The number of rotatable bonds is 1. The van der Waals surface area contributed by atoms with Gasteiger partial charge in [0.1, 0.15) is 11.8 Å². The molecule has 5 heteroatoms. The van der Waals surface area contributed by atoms with Crippen molar-refractivity contribution < 1.29 is 9.59 Å². The number of hydrogen-bond acceptors (Lipinski definition) is 3. The summed E-state index contributed by atoms with van der Waals surface area (Å²) in [7, 11) is 0. The molecular formula is C17H17ClN2O2. The highest BCUT2D eigenvalue weighted by Gasteiger charge is 2.56. The maximum absolute atomic E-state index is 12.6. The third-order valence-corrected chi connectivity index (χ3v) is 5.54. The molecule has 2 fully saturated rings. The van der Waals surface area contributed by atoms with Crippen molar-refractivity contribution in [3.63, 3.8) is 0 Å². The van der Waals surface area contributed by atoms with Crippen LogP contribution in [0, 0.1) is 11.8 Å². The number of ketones is 1. The largest absolute Gasteiger partial charge is 0.368 e. The molecule has 114 valence electrons. The van der Waals surface area contributed by atoms with Gasteiger partial charge in [0.25, 0.3) is 0 Å². The van der Waals surface area contributed by atoms with Crippen molar-refractivity contribution in [3.05, 3.63) is 41.6 Å². The van der Waals surface area contributed by atoms with Crippen LogP contribution in [0.4, 0.5) is 0 Å². The van der Waals surface area contributed by atoms with Crippen LogP contribution in [0.2, 0.25) is 0 Å². The second-order valence-corrected chi connectivity index (χ2v) is 6.99. The van der Waals surface area contributed by atoms with E-state index in [2.05, 4.69) is 0 Å². The van der Waals surface area contributed by atoms with Crippen molar-refractivity contribution in [2.24, 2.45) is 17.6 Å². The van der Waals surface area contributed by atoms with Gasteiger partial charge in [-0.05, 0) is 23.6 Å². The van der Waals surface area contributed by atoms with Crippen molar-refractivity contribution >= 4 is 29.4 Å². The number of alkyl halides is 1. The van der Waals surface area contributed by atoms with Gasteiger partial charge in [0.05, 0.1) is 6.04 Å². The Balaban J connectivity index is 1.86. The summed E-state index contributed by atoms with van der Waals surface area (Å²) in [6.07, 6.45) is 4.94. The molecule has 3 aliphatic rings. The van der Waals surface area contributed by atoms with E-state index in [0.29, 0.717) is 12.8 Å². The molecule has 1 saturated carbocycles. The van der Waals surface area contributed by atoms with Gasteiger partial charge in [0.15, 0.2) is 0 Å². The standard InChI is InChI=1S/C17H17ClN2O2/c18-10-7-12-14(13(21)8-10)15-11-4-2-1-3-9(11)5-6-20(15)16(12)17(19)22/h1-6,10,12,14-16H,7-8H2,(H2,19,22)/t10-,12+,14-,15-,16+/m0/s1. The lowest BCUT2D eigenvalue weighted by molar-refractivity contribution is -0.127. The quantitative estimate of drug-likeness (QED) is 0.807. The number of carbonyl (C=O) groups is 2. The fourth-order valence-corrected chi connectivity index (χ4v) is 4.79. The Bertz CT molecular complexity index is 687. The number of Topliss-reactive ketones (excluding diaryl/α,β-unsaturated/α-hetero) is 1. The number of hydrogen-bond donors (Lipinski definition) is 1. The molecule has 0 radical (unpaired) electrons. The lowest BCUT2D eigenvalue weighted by Gasteiger charge is -2.33. The minimum Gasteiger partial charge on any atom is -0.368 e. The van der Waals surface area contributed by atoms with Crippen LogP contribution in [0.15, 0.2) is 30.5 Å². The number of halogens is 1. The summed E-state index contributed by atoms with van der Waals surface area (Å²) in [6.45, 7) is 0. The Hall–Kier alpha value is -1.81. The second kappa shape index (κ2) is 4.85. The second-order valence-electron chi connectivity index (χ2n) is 6.38. The first kappa shape index (κ1) is 13.8. The van der Waals surface area contributed by atoms with Crippen molar-refractivity contribution in [1.82, 2.24) is 4.90 Å². The van der Waals surface area contributed by atoms with Gasteiger partial charge >= 0.3 is 0 Å². The van der Waals surface area contributed by atoms with E-state index in [4.69, 9.17) is 17.3 Å². The highest BCUT2D eigenvalue weighted by atomic mass is 35.5. The summed E-state index contributed by atoms with van der Waals surface area (Å²) in [4.78, 5) is 26.6. The molecule has 22 heavy (non-hydrogen) atoms. The summed E-state index contributed by atoms with van der Waals surface area (Å²) >= 11 is 6.24. The van der Waals surface area contributed by atoms with Crippen molar-refractivity contribution in [2.45, 2.75) is 30.3 Å². The first-order valence-electron chi connectivity index (χ1n) is 7.58. The van der Waals surface area contributed by atoms with Crippen molar-refractivity contribution in [3.8, 4) is 0 Å². The van der Waals surface area contributed by atoms with Crippen LogP contribution in [-0.4, -0.2) is 28.0 Å². The zero-order valence-corrected chi connectivity index (χ0v) is 12.7. The van der Waals surface area contributed by atoms with Crippen LogP contribution in [-0.2, 0) is 9.59 Å². The molecule has 2 N–H and O–H groups in total. The highest BCUT2D eigenvalue weighted by Crippen LogP contribution is 2.52. The summed E-state index contributed by atoms with van der Waals surface area (Å²) in [5.74, 6) is -0.513. The number of carbonyl (C=O) groups excluding carboxylic acids is 2. The Labute approximate surface area is 133 Å². The van der Waals surface area contributed by atoms with Crippen molar-refractivity contribution in [2.75, 3.05) is 0 Å². The molecule has 1 saturated heterocycles. The summed E-state index contributed by atoms with van der Waals surface area (Å²) in [5.41, 5.74) is 7.86. The normalized spacial score (nSPS) is 35.8. The maximum atomic E-state index is 12.6. The van der Waals surface area contributed by atoms with Gasteiger partial charge in [-0.15, -0.1) is 11.6 Å². The molecule has 1 aliphatic carbocycles. The first-order chi connectivity index (χ1) is 10.6. The van der Waals surface area contributed by atoms with E-state index in [1.54, 1.807) is 0 Å². The fraction of sp³-hybridized carbons (Fsp3) is 0.412. The van der Waals surface area contributed by atoms with E-state index in [9.17, 15) is 9.59 Å². The van der Waals surface area contributed by atoms with Crippen molar-refractivity contribution in [1.29, 1.82) is 0 Å². The number of primary amides is 1.